The molecule has 0 atom stereocenters. The number of nitrogens with zero attached hydrogens (tertiary/aromatic N) is 5. The first-order valence-electron chi connectivity index (χ1n) is 7.41. The van der Waals surface area contributed by atoms with E-state index in [2.05, 4.69) is 31.3 Å². The van der Waals surface area contributed by atoms with Gasteiger partial charge in [-0.3, -0.25) is 0 Å². The lowest BCUT2D eigenvalue weighted by molar-refractivity contribution is 0.520. The highest BCUT2D eigenvalue weighted by Crippen LogP contribution is 2.18. The van der Waals surface area contributed by atoms with Crippen molar-refractivity contribution in [3.63, 3.8) is 0 Å². The molecule has 0 radical (unpaired) electrons. The van der Waals surface area contributed by atoms with E-state index in [1.165, 1.54) is 23.2 Å². The van der Waals surface area contributed by atoms with Crippen molar-refractivity contribution >= 4 is 26.0 Å². The minimum absolute atomic E-state index is 0.239. The number of hydrogen-bond acceptors (Lipinski definition) is 5. The van der Waals surface area contributed by atoms with Gasteiger partial charge in [0.05, 0.1) is 11.4 Å². The summed E-state index contributed by atoms with van der Waals surface area (Å²) < 4.78 is 26.6. The largest absolute Gasteiger partial charge is 0.242 e. The fourth-order valence-corrected chi connectivity index (χ4v) is 3.44. The average Bonchev–Trinajstić information content (AvgIpc) is 3.04. The molecule has 0 bridgehead atoms. The van der Waals surface area contributed by atoms with Gasteiger partial charge in [-0.15, -0.1) is 10.2 Å². The summed E-state index contributed by atoms with van der Waals surface area (Å²) >= 11 is 3.39. The molecule has 0 saturated carbocycles. The number of hydrogen-bond donors (Lipinski definition) is 0. The van der Waals surface area contributed by atoms with Crippen molar-refractivity contribution in [1.29, 1.82) is 0 Å². The highest BCUT2D eigenvalue weighted by Gasteiger charge is 2.17. The van der Waals surface area contributed by atoms with Crippen molar-refractivity contribution in [1.82, 2.24) is 24.5 Å². The first kappa shape index (κ1) is 17.7. The van der Waals surface area contributed by atoms with Crippen molar-refractivity contribution in [2.45, 2.75) is 11.4 Å². The van der Waals surface area contributed by atoms with E-state index >= 15 is 0 Å². The molecule has 2 aromatic carbocycles. The second-order valence-electron chi connectivity index (χ2n) is 5.59. The summed E-state index contributed by atoms with van der Waals surface area (Å²) in [6.45, 7) is 0.334. The number of rotatable bonds is 5. The van der Waals surface area contributed by atoms with Crippen molar-refractivity contribution < 1.29 is 8.42 Å². The zero-order valence-electron chi connectivity index (χ0n) is 13.7. The minimum atomic E-state index is -3.47. The Bertz CT molecular complexity index is 984. The molecule has 0 fully saturated rings. The van der Waals surface area contributed by atoms with Crippen LogP contribution in [0.1, 0.15) is 5.56 Å². The van der Waals surface area contributed by atoms with Gasteiger partial charge in [-0.2, -0.15) is 4.80 Å². The molecule has 0 aliphatic rings. The van der Waals surface area contributed by atoms with Crippen LogP contribution in [0.25, 0.3) is 11.4 Å². The monoisotopic (exact) mass is 421 g/mol. The van der Waals surface area contributed by atoms with Crippen LogP contribution in [0.15, 0.2) is 57.9 Å². The van der Waals surface area contributed by atoms with Gasteiger partial charge in [-0.1, -0.05) is 28.1 Å². The summed E-state index contributed by atoms with van der Waals surface area (Å²) in [7, 11) is -0.459. The van der Waals surface area contributed by atoms with E-state index in [0.717, 1.165) is 15.6 Å². The molecule has 7 nitrogen and oxygen atoms in total. The maximum Gasteiger partial charge on any atom is 0.242 e. The molecule has 0 spiro atoms. The summed E-state index contributed by atoms with van der Waals surface area (Å²) in [6.07, 6.45) is 0. The number of aromatic nitrogens is 4. The fraction of sp³-hybridized carbons (Fsp3) is 0.188. The van der Waals surface area contributed by atoms with Crippen LogP contribution in [0.4, 0.5) is 0 Å². The molecular formula is C16H16BrN5O2S. The highest BCUT2D eigenvalue weighted by atomic mass is 79.9. The molecule has 3 rings (SSSR count). The lowest BCUT2D eigenvalue weighted by atomic mass is 10.2. The third-order valence-electron chi connectivity index (χ3n) is 3.56. The zero-order chi connectivity index (χ0) is 18.0. The minimum Gasteiger partial charge on any atom is -0.207 e. The van der Waals surface area contributed by atoms with Crippen LogP contribution < -0.4 is 0 Å². The molecule has 0 aliphatic heterocycles. The van der Waals surface area contributed by atoms with Crippen molar-refractivity contribution in [3.8, 4) is 11.4 Å². The summed E-state index contributed by atoms with van der Waals surface area (Å²) in [5.74, 6) is 0.518. The summed E-state index contributed by atoms with van der Waals surface area (Å²) in [6, 6.07) is 14.3. The predicted molar refractivity (Wildman–Crippen MR) is 97.4 cm³/mol. The molecule has 1 heterocycles. The number of halogens is 1. The van der Waals surface area contributed by atoms with Crippen LogP contribution in [0, 0.1) is 0 Å². The Morgan fingerprint density at radius 2 is 1.84 bits per heavy atom. The van der Waals surface area contributed by atoms with E-state index in [1.807, 2.05) is 30.3 Å². The Labute approximate surface area is 154 Å². The molecule has 0 N–H and O–H groups in total. The van der Waals surface area contributed by atoms with Crippen LogP contribution in [0.3, 0.4) is 0 Å². The van der Waals surface area contributed by atoms with E-state index < -0.39 is 10.0 Å². The van der Waals surface area contributed by atoms with Crippen LogP contribution in [-0.2, 0) is 16.6 Å². The first-order valence-corrected chi connectivity index (χ1v) is 9.65. The molecule has 0 aliphatic carbocycles. The highest BCUT2D eigenvalue weighted by molar-refractivity contribution is 9.10. The number of tetrazole rings is 1. The van der Waals surface area contributed by atoms with Crippen LogP contribution >= 0.6 is 15.9 Å². The van der Waals surface area contributed by atoms with Gasteiger partial charge in [0.15, 0.2) is 0 Å². The molecule has 1 aromatic heterocycles. The maximum atomic E-state index is 12.2. The fourth-order valence-electron chi connectivity index (χ4n) is 2.20. The average molecular weight is 422 g/mol. The lowest BCUT2D eigenvalue weighted by Crippen LogP contribution is -2.22. The van der Waals surface area contributed by atoms with E-state index in [0.29, 0.717) is 12.4 Å². The van der Waals surface area contributed by atoms with Crippen LogP contribution in [0.2, 0.25) is 0 Å². The number of benzene rings is 2. The summed E-state index contributed by atoms with van der Waals surface area (Å²) in [4.78, 5) is 1.68. The third kappa shape index (κ3) is 3.94. The second kappa shape index (κ2) is 7.03. The predicted octanol–water partition coefficient (Wildman–Crippen LogP) is 2.40. The summed E-state index contributed by atoms with van der Waals surface area (Å²) in [5, 5.41) is 12.4. The molecule has 3 aromatic rings. The Hall–Kier alpha value is -2.10. The molecular weight excluding hydrogens is 406 g/mol. The molecule has 130 valence electrons. The van der Waals surface area contributed by atoms with E-state index in [9.17, 15) is 8.42 Å². The van der Waals surface area contributed by atoms with E-state index in [1.54, 1.807) is 18.2 Å². The normalized spacial score (nSPS) is 11.8. The van der Waals surface area contributed by atoms with Gasteiger partial charge in [-0.25, -0.2) is 12.7 Å². The first-order chi connectivity index (χ1) is 11.9. The van der Waals surface area contributed by atoms with Gasteiger partial charge in [-0.05, 0) is 47.2 Å². The van der Waals surface area contributed by atoms with Gasteiger partial charge in [0.2, 0.25) is 15.8 Å². The number of sulfonamides is 1. The van der Waals surface area contributed by atoms with E-state index in [4.69, 9.17) is 0 Å². The second-order valence-corrected chi connectivity index (χ2v) is 8.65. The summed E-state index contributed by atoms with van der Waals surface area (Å²) in [5.41, 5.74) is 1.64. The molecule has 9 heteroatoms. The van der Waals surface area contributed by atoms with Gasteiger partial charge < -0.3 is 0 Å². The third-order valence-corrected chi connectivity index (χ3v) is 5.90. The zero-order valence-corrected chi connectivity index (χ0v) is 16.1. The Kier molecular flexibility index (Phi) is 4.98. The van der Waals surface area contributed by atoms with Crippen LogP contribution in [0.5, 0.6) is 0 Å². The quantitative estimate of drug-likeness (QED) is 0.631. The standard InChI is InChI=1S/C16H16BrN5O2S/c1-21(2)25(23,24)15-5-3-4-12(10-15)11-22-19-16(18-20-22)13-6-8-14(17)9-7-13/h3-10H,11H2,1-2H3. The van der Waals surface area contributed by atoms with Crippen molar-refractivity contribution in [3.05, 3.63) is 58.6 Å². The van der Waals surface area contributed by atoms with Gasteiger partial charge >= 0.3 is 0 Å². The van der Waals surface area contributed by atoms with Gasteiger partial charge in [0, 0.05) is 24.1 Å². The van der Waals surface area contributed by atoms with E-state index in [-0.39, 0.29) is 4.90 Å². The van der Waals surface area contributed by atoms with Crippen molar-refractivity contribution in [2.75, 3.05) is 14.1 Å². The van der Waals surface area contributed by atoms with Gasteiger partial charge in [0.1, 0.15) is 0 Å². The molecule has 0 unspecified atom stereocenters. The molecule has 25 heavy (non-hydrogen) atoms. The molecule has 0 amide bonds. The Morgan fingerprint density at radius 3 is 2.52 bits per heavy atom. The Balaban J connectivity index is 1.83. The lowest BCUT2D eigenvalue weighted by Gasteiger charge is -2.12. The van der Waals surface area contributed by atoms with Crippen molar-refractivity contribution in [2.24, 2.45) is 0 Å². The van der Waals surface area contributed by atoms with Gasteiger partial charge in [0.25, 0.3) is 0 Å². The van der Waals surface area contributed by atoms with Crippen LogP contribution in [-0.4, -0.2) is 47.0 Å². The smallest absolute Gasteiger partial charge is 0.207 e. The SMILES string of the molecule is CN(C)S(=O)(=O)c1cccc(Cn2nnc(-c3ccc(Br)cc3)n2)c1. The molecule has 0 saturated heterocycles. The topological polar surface area (TPSA) is 81.0 Å². The maximum absolute atomic E-state index is 12.2. The Morgan fingerprint density at radius 1 is 1.12 bits per heavy atom.